The third-order valence-electron chi connectivity index (χ3n) is 6.72. The summed E-state index contributed by atoms with van der Waals surface area (Å²) >= 11 is 0. The minimum atomic E-state index is -0.212. The Kier molecular flexibility index (Phi) is 4.65. The van der Waals surface area contributed by atoms with Crippen molar-refractivity contribution in [1.29, 1.82) is 0 Å². The van der Waals surface area contributed by atoms with E-state index in [0.29, 0.717) is 25.0 Å². The predicted octanol–water partition coefficient (Wildman–Crippen LogP) is 4.97. The van der Waals surface area contributed by atoms with Crippen molar-refractivity contribution in [1.82, 2.24) is 0 Å². The van der Waals surface area contributed by atoms with Gasteiger partial charge in [-0.25, -0.2) is 9.98 Å². The molecule has 2 heterocycles. The van der Waals surface area contributed by atoms with Gasteiger partial charge >= 0.3 is 0 Å². The topological polar surface area (TPSA) is 43.2 Å². The maximum atomic E-state index is 6.12. The lowest BCUT2D eigenvalue weighted by molar-refractivity contribution is 0.271. The lowest BCUT2D eigenvalue weighted by atomic mass is 9.94. The van der Waals surface area contributed by atoms with Crippen molar-refractivity contribution in [2.24, 2.45) is 15.4 Å². The molecule has 150 valence electrons. The zero-order valence-corrected chi connectivity index (χ0v) is 17.1. The molecule has 0 radical (unpaired) electrons. The van der Waals surface area contributed by atoms with Gasteiger partial charge in [0.15, 0.2) is 11.8 Å². The van der Waals surface area contributed by atoms with E-state index >= 15 is 0 Å². The number of hydrogen-bond acceptors (Lipinski definition) is 4. The Balaban J connectivity index is 1.33. The minimum Gasteiger partial charge on any atom is -0.478 e. The summed E-state index contributed by atoms with van der Waals surface area (Å²) in [4.78, 5) is 10.0. The van der Waals surface area contributed by atoms with Crippen molar-refractivity contribution in [3.63, 3.8) is 0 Å². The van der Waals surface area contributed by atoms with Gasteiger partial charge in [-0.2, -0.15) is 0 Å². The molecule has 0 bridgehead atoms. The van der Waals surface area contributed by atoms with Crippen LogP contribution in [0.5, 0.6) is 0 Å². The molecular formula is C25H28N2O2. The second-order valence-electron chi connectivity index (χ2n) is 8.61. The Morgan fingerprint density at radius 2 is 1.14 bits per heavy atom. The highest BCUT2D eigenvalue weighted by Gasteiger charge is 2.58. The molecule has 29 heavy (non-hydrogen) atoms. The van der Waals surface area contributed by atoms with Crippen LogP contribution >= 0.6 is 0 Å². The second kappa shape index (κ2) is 7.33. The predicted molar refractivity (Wildman–Crippen MR) is 116 cm³/mol. The van der Waals surface area contributed by atoms with Crippen molar-refractivity contribution >= 4 is 11.8 Å². The van der Waals surface area contributed by atoms with Crippen LogP contribution in [0, 0.1) is 5.41 Å². The fraction of sp³-hybridized carbons (Fsp3) is 0.440. The van der Waals surface area contributed by atoms with Crippen LogP contribution in [-0.2, 0) is 9.47 Å². The Labute approximate surface area is 172 Å². The molecule has 2 aromatic rings. The molecule has 0 aromatic heterocycles. The molecule has 0 spiro atoms. The SMILES string of the molecule is CC(c1ccccc1)C1COC(C2(C3=N[C@@H](C(C)c4ccccc4)CO3)CC2)=N1. The van der Waals surface area contributed by atoms with E-state index in [9.17, 15) is 0 Å². The zero-order chi connectivity index (χ0) is 19.8. The van der Waals surface area contributed by atoms with Crippen molar-refractivity contribution in [3.05, 3.63) is 71.8 Å². The fourth-order valence-electron chi connectivity index (χ4n) is 4.42. The summed E-state index contributed by atoms with van der Waals surface area (Å²) in [5.74, 6) is 2.36. The second-order valence-corrected chi connectivity index (χ2v) is 8.61. The van der Waals surface area contributed by atoms with Gasteiger partial charge in [-0.3, -0.25) is 0 Å². The fourth-order valence-corrected chi connectivity index (χ4v) is 4.42. The molecule has 0 saturated heterocycles. The highest BCUT2D eigenvalue weighted by atomic mass is 16.5. The molecule has 3 aliphatic rings. The first-order chi connectivity index (χ1) is 14.2. The summed E-state index contributed by atoms with van der Waals surface area (Å²) in [7, 11) is 0. The first kappa shape index (κ1) is 18.4. The average molecular weight is 389 g/mol. The van der Waals surface area contributed by atoms with Crippen molar-refractivity contribution in [3.8, 4) is 0 Å². The monoisotopic (exact) mass is 388 g/mol. The van der Waals surface area contributed by atoms with Crippen LogP contribution in [0.2, 0.25) is 0 Å². The van der Waals surface area contributed by atoms with Crippen molar-refractivity contribution < 1.29 is 9.47 Å². The van der Waals surface area contributed by atoms with E-state index in [1.54, 1.807) is 0 Å². The van der Waals surface area contributed by atoms with Crippen LogP contribution in [0.3, 0.4) is 0 Å². The molecule has 0 amide bonds. The molecule has 4 heteroatoms. The van der Waals surface area contributed by atoms with E-state index in [4.69, 9.17) is 19.5 Å². The maximum Gasteiger partial charge on any atom is 0.199 e. The van der Waals surface area contributed by atoms with Gasteiger partial charge in [0.25, 0.3) is 0 Å². The lowest BCUT2D eigenvalue weighted by Crippen LogP contribution is -2.26. The van der Waals surface area contributed by atoms with Crippen LogP contribution in [-0.4, -0.2) is 37.1 Å². The van der Waals surface area contributed by atoms with Crippen LogP contribution in [0.15, 0.2) is 70.6 Å². The largest absolute Gasteiger partial charge is 0.478 e. The van der Waals surface area contributed by atoms with E-state index in [0.717, 1.165) is 24.6 Å². The van der Waals surface area contributed by atoms with Gasteiger partial charge in [0.2, 0.25) is 0 Å². The van der Waals surface area contributed by atoms with E-state index in [-0.39, 0.29) is 17.5 Å². The number of rotatable bonds is 6. The first-order valence-corrected chi connectivity index (χ1v) is 10.7. The summed E-state index contributed by atoms with van der Waals surface area (Å²) in [5.41, 5.74) is 2.40. The Morgan fingerprint density at radius 3 is 1.52 bits per heavy atom. The first-order valence-electron chi connectivity index (χ1n) is 10.7. The third kappa shape index (κ3) is 3.35. The summed E-state index contributed by atoms with van der Waals surface area (Å²) < 4.78 is 12.2. The lowest BCUT2D eigenvalue weighted by Gasteiger charge is -2.15. The van der Waals surface area contributed by atoms with Gasteiger partial charge in [0.1, 0.15) is 18.6 Å². The standard InChI is InChI=1S/C25H28N2O2/c1-17(19-9-5-3-6-10-19)21-15-28-23(26-21)25(13-14-25)24-27-22(16-29-24)18(2)20-11-7-4-8-12-20/h3-12,17-18,21-22H,13-16H2,1-2H3/t17?,18?,21-,22?/m1/s1. The maximum absolute atomic E-state index is 6.12. The van der Waals surface area contributed by atoms with E-state index in [1.165, 1.54) is 11.1 Å². The molecule has 2 aliphatic heterocycles. The number of aliphatic imine (C=N–C) groups is 2. The summed E-state index contributed by atoms with van der Waals surface area (Å²) in [6.45, 7) is 5.75. The highest BCUT2D eigenvalue weighted by Crippen LogP contribution is 2.52. The average Bonchev–Trinajstić information content (AvgIpc) is 3.19. The summed E-state index contributed by atoms with van der Waals surface area (Å²) in [6, 6.07) is 21.5. The van der Waals surface area contributed by atoms with E-state index < -0.39 is 0 Å². The molecule has 1 fully saturated rings. The highest BCUT2D eigenvalue weighted by molar-refractivity contribution is 6.09. The van der Waals surface area contributed by atoms with E-state index in [1.807, 2.05) is 0 Å². The smallest absolute Gasteiger partial charge is 0.199 e. The molecule has 0 N–H and O–H groups in total. The molecule has 4 atom stereocenters. The zero-order valence-electron chi connectivity index (χ0n) is 17.1. The number of nitrogens with zero attached hydrogens (tertiary/aromatic N) is 2. The van der Waals surface area contributed by atoms with Gasteiger partial charge < -0.3 is 9.47 Å². The van der Waals surface area contributed by atoms with Gasteiger partial charge in [0.05, 0.1) is 12.1 Å². The quantitative estimate of drug-likeness (QED) is 0.701. The summed E-state index contributed by atoms with van der Waals surface area (Å²) in [6.07, 6.45) is 2.03. The normalized spacial score (nSPS) is 26.7. The Morgan fingerprint density at radius 1 is 0.724 bits per heavy atom. The molecule has 5 rings (SSSR count). The van der Waals surface area contributed by atoms with Gasteiger partial charge in [-0.1, -0.05) is 74.5 Å². The summed E-state index contributed by atoms with van der Waals surface area (Å²) in [5, 5.41) is 0. The van der Waals surface area contributed by atoms with Crippen LogP contribution in [0.4, 0.5) is 0 Å². The molecule has 4 nitrogen and oxygen atoms in total. The Hall–Kier alpha value is -2.62. The van der Waals surface area contributed by atoms with Crippen LogP contribution in [0.25, 0.3) is 0 Å². The van der Waals surface area contributed by atoms with Gasteiger partial charge in [-0.05, 0) is 24.0 Å². The van der Waals surface area contributed by atoms with Gasteiger partial charge in [0, 0.05) is 11.8 Å². The molecule has 3 unspecified atom stereocenters. The van der Waals surface area contributed by atoms with Crippen LogP contribution < -0.4 is 0 Å². The number of ether oxygens (including phenoxy) is 2. The van der Waals surface area contributed by atoms with Crippen molar-refractivity contribution in [2.45, 2.75) is 50.6 Å². The number of hydrogen-bond donors (Lipinski definition) is 0. The molecule has 1 saturated carbocycles. The van der Waals surface area contributed by atoms with Gasteiger partial charge in [-0.15, -0.1) is 0 Å². The molecular weight excluding hydrogens is 360 g/mol. The van der Waals surface area contributed by atoms with Crippen LogP contribution in [0.1, 0.15) is 49.7 Å². The third-order valence-corrected chi connectivity index (χ3v) is 6.72. The number of benzene rings is 2. The molecule has 1 aliphatic carbocycles. The Bertz CT molecular complexity index is 845. The van der Waals surface area contributed by atoms with Crippen molar-refractivity contribution in [2.75, 3.05) is 13.2 Å². The van der Waals surface area contributed by atoms with E-state index in [2.05, 4.69) is 74.5 Å². The minimum absolute atomic E-state index is 0.158. The molecule has 2 aromatic carbocycles.